The third kappa shape index (κ3) is 3.45. The van der Waals surface area contributed by atoms with Gasteiger partial charge in [0.05, 0.1) is 4.34 Å². The average molecular weight is 245 g/mol. The maximum Gasteiger partial charge on any atom is 0.0931 e. The molecule has 0 radical (unpaired) electrons. The number of hydrogen-bond acceptors (Lipinski definition) is 3. The summed E-state index contributed by atoms with van der Waals surface area (Å²) in [6, 6.07) is 5.12. The summed E-state index contributed by atoms with van der Waals surface area (Å²) in [7, 11) is 0. The molecular weight excluding hydrogens is 228 g/mol. The Morgan fingerprint density at radius 1 is 1.47 bits per heavy atom. The van der Waals surface area contributed by atoms with Gasteiger partial charge in [-0.25, -0.2) is 0 Å². The Morgan fingerprint density at radius 2 is 2.33 bits per heavy atom. The van der Waals surface area contributed by atoms with Gasteiger partial charge in [0.25, 0.3) is 0 Å². The highest BCUT2D eigenvalue weighted by atomic mass is 35.5. The van der Waals surface area contributed by atoms with Crippen molar-refractivity contribution < 1.29 is 0 Å². The van der Waals surface area contributed by atoms with E-state index in [4.69, 9.17) is 17.3 Å². The van der Waals surface area contributed by atoms with E-state index in [-0.39, 0.29) is 0 Å². The van der Waals surface area contributed by atoms with Crippen molar-refractivity contribution >= 4 is 22.9 Å². The summed E-state index contributed by atoms with van der Waals surface area (Å²) in [4.78, 5) is 1.36. The molecule has 1 aliphatic rings. The topological polar surface area (TPSA) is 38.0 Å². The van der Waals surface area contributed by atoms with Gasteiger partial charge in [-0.3, -0.25) is 0 Å². The molecule has 1 aliphatic carbocycles. The van der Waals surface area contributed by atoms with Crippen LogP contribution in [-0.2, 0) is 6.42 Å². The zero-order valence-corrected chi connectivity index (χ0v) is 10.3. The molecule has 2 unspecified atom stereocenters. The molecule has 1 aromatic heterocycles. The van der Waals surface area contributed by atoms with E-state index in [1.165, 1.54) is 17.7 Å². The molecule has 2 rings (SSSR count). The Labute approximate surface area is 99.8 Å². The summed E-state index contributed by atoms with van der Waals surface area (Å²) in [5, 5.41) is 3.55. The lowest BCUT2D eigenvalue weighted by molar-refractivity contribution is 0.521. The van der Waals surface area contributed by atoms with Crippen LogP contribution in [0.2, 0.25) is 4.34 Å². The van der Waals surface area contributed by atoms with Crippen molar-refractivity contribution in [3.8, 4) is 0 Å². The molecule has 15 heavy (non-hydrogen) atoms. The molecule has 0 saturated heterocycles. The highest BCUT2D eigenvalue weighted by Crippen LogP contribution is 2.22. The smallest absolute Gasteiger partial charge is 0.0931 e. The van der Waals surface area contributed by atoms with Gasteiger partial charge in [0.1, 0.15) is 0 Å². The second-order valence-corrected chi connectivity index (χ2v) is 5.98. The van der Waals surface area contributed by atoms with Crippen molar-refractivity contribution in [3.63, 3.8) is 0 Å². The van der Waals surface area contributed by atoms with Crippen LogP contribution in [0, 0.1) is 0 Å². The Morgan fingerprint density at radius 3 is 2.93 bits per heavy atom. The zero-order valence-electron chi connectivity index (χ0n) is 8.71. The quantitative estimate of drug-likeness (QED) is 0.854. The Hall–Kier alpha value is -0.0900. The molecule has 1 fully saturated rings. The molecule has 1 heterocycles. The molecule has 84 valence electrons. The van der Waals surface area contributed by atoms with Crippen molar-refractivity contribution in [2.75, 3.05) is 6.54 Å². The van der Waals surface area contributed by atoms with E-state index in [0.29, 0.717) is 12.1 Å². The first kappa shape index (κ1) is 11.4. The predicted molar refractivity (Wildman–Crippen MR) is 66.7 cm³/mol. The standard InChI is InChI=1S/C11H17ClN2S/c12-11-4-3-10(15-11)5-6-14-9-2-1-8(13)7-9/h3-4,8-9,14H,1-2,5-7,13H2. The summed E-state index contributed by atoms with van der Waals surface area (Å²) in [6.07, 6.45) is 4.60. The van der Waals surface area contributed by atoms with Crippen LogP contribution in [0.25, 0.3) is 0 Å². The first-order valence-electron chi connectivity index (χ1n) is 5.47. The summed E-state index contributed by atoms with van der Waals surface area (Å²) >= 11 is 7.54. The van der Waals surface area contributed by atoms with Crippen LogP contribution in [0.15, 0.2) is 12.1 Å². The van der Waals surface area contributed by atoms with Crippen LogP contribution >= 0.6 is 22.9 Å². The highest BCUT2D eigenvalue weighted by molar-refractivity contribution is 7.16. The fourth-order valence-electron chi connectivity index (χ4n) is 2.09. The number of hydrogen-bond donors (Lipinski definition) is 2. The molecule has 4 heteroatoms. The number of nitrogens with one attached hydrogen (secondary N) is 1. The van der Waals surface area contributed by atoms with Crippen molar-refractivity contribution in [2.24, 2.45) is 5.73 Å². The lowest BCUT2D eigenvalue weighted by Gasteiger charge is -2.11. The van der Waals surface area contributed by atoms with Gasteiger partial charge in [0, 0.05) is 23.5 Å². The van der Waals surface area contributed by atoms with Gasteiger partial charge in [-0.1, -0.05) is 11.6 Å². The van der Waals surface area contributed by atoms with Crippen LogP contribution < -0.4 is 11.1 Å². The Kier molecular flexibility index (Phi) is 4.03. The lowest BCUT2D eigenvalue weighted by atomic mass is 10.2. The Bertz CT molecular complexity index is 313. The molecule has 0 aromatic carbocycles. The number of nitrogens with two attached hydrogens (primary N) is 1. The van der Waals surface area contributed by atoms with E-state index < -0.39 is 0 Å². The van der Waals surface area contributed by atoms with Gasteiger partial charge in [0.2, 0.25) is 0 Å². The minimum Gasteiger partial charge on any atom is -0.328 e. The molecule has 1 saturated carbocycles. The summed E-state index contributed by atoms with van der Waals surface area (Å²) in [5.74, 6) is 0. The van der Waals surface area contributed by atoms with Crippen LogP contribution in [0.1, 0.15) is 24.1 Å². The summed E-state index contributed by atoms with van der Waals surface area (Å²) in [6.45, 7) is 1.04. The third-order valence-electron chi connectivity index (χ3n) is 2.91. The van der Waals surface area contributed by atoms with E-state index in [1.807, 2.05) is 6.07 Å². The average Bonchev–Trinajstić information content (AvgIpc) is 2.76. The molecule has 0 amide bonds. The van der Waals surface area contributed by atoms with Gasteiger partial charge in [-0.2, -0.15) is 0 Å². The van der Waals surface area contributed by atoms with Gasteiger partial charge in [0.15, 0.2) is 0 Å². The first-order chi connectivity index (χ1) is 7.24. The molecule has 1 aromatic rings. The van der Waals surface area contributed by atoms with E-state index >= 15 is 0 Å². The van der Waals surface area contributed by atoms with E-state index in [9.17, 15) is 0 Å². The molecular formula is C11H17ClN2S. The van der Waals surface area contributed by atoms with Crippen LogP contribution in [0.4, 0.5) is 0 Å². The second-order valence-electron chi connectivity index (χ2n) is 4.18. The van der Waals surface area contributed by atoms with Crippen molar-refractivity contribution in [2.45, 2.75) is 37.8 Å². The minimum absolute atomic E-state index is 0.415. The maximum atomic E-state index is 5.87. The first-order valence-corrected chi connectivity index (χ1v) is 6.66. The largest absolute Gasteiger partial charge is 0.328 e. The summed E-state index contributed by atoms with van der Waals surface area (Å²) < 4.78 is 0.882. The summed E-state index contributed by atoms with van der Waals surface area (Å²) in [5.41, 5.74) is 5.86. The van der Waals surface area contributed by atoms with Crippen LogP contribution in [0.3, 0.4) is 0 Å². The lowest BCUT2D eigenvalue weighted by Crippen LogP contribution is -2.30. The predicted octanol–water partition coefficient (Wildman–Crippen LogP) is 2.41. The second kappa shape index (κ2) is 5.30. The normalized spacial score (nSPS) is 26.0. The number of halogens is 1. The molecule has 3 N–H and O–H groups in total. The number of rotatable bonds is 4. The van der Waals surface area contributed by atoms with Gasteiger partial charge >= 0.3 is 0 Å². The minimum atomic E-state index is 0.415. The van der Waals surface area contributed by atoms with E-state index in [1.54, 1.807) is 11.3 Å². The fourth-order valence-corrected chi connectivity index (χ4v) is 3.17. The number of thiophene rings is 1. The van der Waals surface area contributed by atoms with E-state index in [2.05, 4.69) is 11.4 Å². The maximum absolute atomic E-state index is 5.87. The van der Waals surface area contributed by atoms with Gasteiger partial charge in [-0.15, -0.1) is 11.3 Å². The molecule has 0 spiro atoms. The van der Waals surface area contributed by atoms with Crippen molar-refractivity contribution in [3.05, 3.63) is 21.3 Å². The highest BCUT2D eigenvalue weighted by Gasteiger charge is 2.20. The third-order valence-corrected chi connectivity index (χ3v) is 4.20. The molecule has 0 aliphatic heterocycles. The van der Waals surface area contributed by atoms with Crippen LogP contribution in [0.5, 0.6) is 0 Å². The van der Waals surface area contributed by atoms with Crippen molar-refractivity contribution in [1.82, 2.24) is 5.32 Å². The fraction of sp³-hybridized carbons (Fsp3) is 0.636. The molecule has 2 nitrogen and oxygen atoms in total. The monoisotopic (exact) mass is 244 g/mol. The SMILES string of the molecule is NC1CCC(NCCc2ccc(Cl)s2)C1. The molecule has 0 bridgehead atoms. The molecule has 2 atom stereocenters. The van der Waals surface area contributed by atoms with Gasteiger partial charge in [-0.05, 0) is 37.8 Å². The zero-order chi connectivity index (χ0) is 10.7. The van der Waals surface area contributed by atoms with E-state index in [0.717, 1.165) is 23.7 Å². The van der Waals surface area contributed by atoms with Gasteiger partial charge < -0.3 is 11.1 Å². The Balaban J connectivity index is 1.67. The van der Waals surface area contributed by atoms with Crippen LogP contribution in [-0.4, -0.2) is 18.6 Å². The van der Waals surface area contributed by atoms with Crippen molar-refractivity contribution in [1.29, 1.82) is 0 Å².